The number of ketones is 1. The van der Waals surface area contributed by atoms with Gasteiger partial charge in [-0.3, -0.25) is 9.36 Å². The molecule has 11 nitrogen and oxygen atoms in total. The van der Waals surface area contributed by atoms with E-state index in [1.165, 1.54) is 23.2 Å². The molecule has 2 aromatic heterocycles. The predicted molar refractivity (Wildman–Crippen MR) is 147 cm³/mol. The Morgan fingerprint density at radius 1 is 1.21 bits per heavy atom. The summed E-state index contributed by atoms with van der Waals surface area (Å²) in [7, 11) is -2.38. The zero-order valence-corrected chi connectivity index (χ0v) is 24.3. The minimum atomic E-state index is -3.68. The van der Waals surface area contributed by atoms with Crippen molar-refractivity contribution in [3.05, 3.63) is 46.8 Å². The fraction of sp³-hybridized carbons (Fsp3) is 0.462. The molecule has 1 N–H and O–H groups in total. The Morgan fingerprint density at radius 3 is 2.59 bits per heavy atom. The van der Waals surface area contributed by atoms with Crippen LogP contribution in [0.15, 0.2) is 34.3 Å². The van der Waals surface area contributed by atoms with Crippen molar-refractivity contribution in [1.29, 1.82) is 0 Å². The van der Waals surface area contributed by atoms with Crippen molar-refractivity contribution in [1.82, 2.24) is 24.1 Å². The molecule has 0 unspecified atom stereocenters. The van der Waals surface area contributed by atoms with Crippen LogP contribution in [0.5, 0.6) is 0 Å². The van der Waals surface area contributed by atoms with E-state index >= 15 is 0 Å². The van der Waals surface area contributed by atoms with E-state index in [4.69, 9.17) is 9.47 Å². The molecule has 0 spiro atoms. The first kappa shape index (κ1) is 29.0. The van der Waals surface area contributed by atoms with Crippen LogP contribution in [0.2, 0.25) is 0 Å². The van der Waals surface area contributed by atoms with Gasteiger partial charge in [-0.05, 0) is 44.9 Å². The van der Waals surface area contributed by atoms with Gasteiger partial charge in [-0.1, -0.05) is 30.8 Å². The molecule has 0 bridgehead atoms. The molecule has 3 aromatic rings. The highest BCUT2D eigenvalue weighted by Crippen LogP contribution is 2.31. The number of aromatic nitrogens is 4. The number of aryl methyl sites for hydroxylation is 1. The Kier molecular flexibility index (Phi) is 8.94. The van der Waals surface area contributed by atoms with Gasteiger partial charge in [0.2, 0.25) is 10.0 Å². The number of morpholine rings is 1. The molecule has 39 heavy (non-hydrogen) atoms. The van der Waals surface area contributed by atoms with Crippen LogP contribution in [-0.2, 0) is 19.5 Å². The number of Topliss-reactive ketones (excluding diaryl/α,β-unsaturated/α-hetero) is 1. The van der Waals surface area contributed by atoms with Crippen molar-refractivity contribution in [2.75, 3.05) is 39.2 Å². The van der Waals surface area contributed by atoms with E-state index in [0.29, 0.717) is 65.4 Å². The molecule has 1 atom stereocenters. The molecule has 1 saturated heterocycles. The van der Waals surface area contributed by atoms with Crippen molar-refractivity contribution in [3.8, 4) is 11.4 Å². The Bertz CT molecular complexity index is 1470. The first-order chi connectivity index (χ1) is 18.6. The van der Waals surface area contributed by atoms with Crippen molar-refractivity contribution >= 4 is 33.5 Å². The molecule has 210 valence electrons. The number of sulfonamides is 1. The molecule has 0 saturated carbocycles. The third-order valence-corrected chi connectivity index (χ3v) is 9.67. The van der Waals surface area contributed by atoms with Crippen LogP contribution in [-0.4, -0.2) is 83.4 Å². The molecular formula is C26H33N5O6S2. The second-order valence-corrected chi connectivity index (χ2v) is 12.2. The number of H-pyrrole nitrogens is 1. The third-order valence-electron chi connectivity index (χ3n) is 6.83. The fourth-order valence-electron chi connectivity index (χ4n) is 4.52. The van der Waals surface area contributed by atoms with Crippen molar-refractivity contribution in [2.24, 2.45) is 0 Å². The molecule has 1 aliphatic rings. The van der Waals surface area contributed by atoms with Gasteiger partial charge in [0.1, 0.15) is 0 Å². The lowest BCUT2D eigenvalue weighted by atomic mass is 10.1. The molecule has 0 aliphatic carbocycles. The number of aromatic amines is 1. The topological polar surface area (TPSA) is 136 Å². The summed E-state index contributed by atoms with van der Waals surface area (Å²) in [5.41, 5.74) is 2.46. The molecule has 4 rings (SSSR count). The van der Waals surface area contributed by atoms with E-state index in [-0.39, 0.29) is 22.5 Å². The van der Waals surface area contributed by atoms with Crippen LogP contribution in [0, 0.1) is 13.8 Å². The zero-order chi connectivity index (χ0) is 28.3. The number of rotatable bonds is 10. The lowest BCUT2D eigenvalue weighted by Crippen LogP contribution is -2.40. The maximum Gasteiger partial charge on any atom is 0.339 e. The van der Waals surface area contributed by atoms with E-state index < -0.39 is 16.0 Å². The van der Waals surface area contributed by atoms with Gasteiger partial charge in [-0.25, -0.2) is 13.2 Å². The molecule has 13 heteroatoms. The highest BCUT2D eigenvalue weighted by molar-refractivity contribution is 7.99. The van der Waals surface area contributed by atoms with Crippen molar-refractivity contribution < 1.29 is 27.5 Å². The number of hydrogen-bond acceptors (Lipinski definition) is 9. The highest BCUT2D eigenvalue weighted by Gasteiger charge is 2.28. The zero-order valence-electron chi connectivity index (χ0n) is 22.7. The summed E-state index contributed by atoms with van der Waals surface area (Å²) in [6, 6.07) is 6.69. The summed E-state index contributed by atoms with van der Waals surface area (Å²) in [6.45, 7) is 8.85. The largest absolute Gasteiger partial charge is 0.465 e. The Morgan fingerprint density at radius 2 is 1.92 bits per heavy atom. The number of hydrogen-bond donors (Lipinski definition) is 1. The van der Waals surface area contributed by atoms with Gasteiger partial charge in [0.25, 0.3) is 0 Å². The highest BCUT2D eigenvalue weighted by atomic mass is 32.2. The molecule has 1 aromatic carbocycles. The summed E-state index contributed by atoms with van der Waals surface area (Å²) in [5, 5.41) is 9.30. The average Bonchev–Trinajstić information content (AvgIpc) is 3.51. The number of nitrogens with zero attached hydrogens (tertiary/aromatic N) is 4. The standard InChI is InChI=1S/C26H33N5O6S2/c1-6-16(2)31-24(19-8-7-9-20(14-19)39(34,35)30-10-12-37-13-11-30)28-29-26(31)38-15-21(32)23-17(3)22(18(4)27-23)25(33)36-5/h7-9,14,16,27H,6,10-13,15H2,1-5H3/t16-/m1/s1. The minimum absolute atomic E-state index is 0.00694. The molecule has 1 fully saturated rings. The van der Waals surface area contributed by atoms with Gasteiger partial charge in [-0.15, -0.1) is 10.2 Å². The Hall–Kier alpha value is -3.00. The third kappa shape index (κ3) is 5.81. The van der Waals surface area contributed by atoms with Gasteiger partial charge in [0.05, 0.1) is 42.2 Å². The van der Waals surface area contributed by atoms with E-state index in [1.807, 2.05) is 18.4 Å². The number of thioether (sulfide) groups is 1. The number of esters is 1. The van der Waals surface area contributed by atoms with Gasteiger partial charge >= 0.3 is 5.97 Å². The Labute approximate surface area is 232 Å². The van der Waals surface area contributed by atoms with Crippen LogP contribution >= 0.6 is 11.8 Å². The number of methoxy groups -OCH3 is 1. The van der Waals surface area contributed by atoms with Gasteiger partial charge in [0.15, 0.2) is 16.8 Å². The van der Waals surface area contributed by atoms with Crippen LogP contribution in [0.4, 0.5) is 0 Å². The summed E-state index contributed by atoms with van der Waals surface area (Å²) in [5.74, 6) is -0.0821. The maximum atomic E-state index is 13.2. The lowest BCUT2D eigenvalue weighted by molar-refractivity contribution is 0.0599. The van der Waals surface area contributed by atoms with Gasteiger partial charge in [0, 0.05) is 30.4 Å². The van der Waals surface area contributed by atoms with Crippen molar-refractivity contribution in [3.63, 3.8) is 0 Å². The molecule has 1 aliphatic heterocycles. The number of carbonyl (C=O) groups is 2. The summed E-state index contributed by atoms with van der Waals surface area (Å²) >= 11 is 1.24. The number of nitrogens with one attached hydrogen (secondary N) is 1. The molecule has 3 heterocycles. The van der Waals surface area contributed by atoms with E-state index in [9.17, 15) is 18.0 Å². The SMILES string of the molecule is CC[C@@H](C)n1c(SCC(=O)c2[nH]c(C)c(C(=O)OC)c2C)nnc1-c1cccc(S(=O)(=O)N2CCOCC2)c1. The van der Waals surface area contributed by atoms with Crippen LogP contribution in [0.1, 0.15) is 58.4 Å². The Balaban J connectivity index is 1.61. The van der Waals surface area contributed by atoms with Gasteiger partial charge < -0.3 is 14.5 Å². The van der Waals surface area contributed by atoms with Crippen LogP contribution in [0.25, 0.3) is 11.4 Å². The summed E-state index contributed by atoms with van der Waals surface area (Å²) in [6.07, 6.45) is 0.774. The van der Waals surface area contributed by atoms with E-state index in [1.54, 1.807) is 38.1 Å². The normalized spacial score (nSPS) is 15.3. The molecule has 0 amide bonds. The molecule has 0 radical (unpaired) electrons. The van der Waals surface area contributed by atoms with E-state index in [2.05, 4.69) is 15.2 Å². The second-order valence-electron chi connectivity index (χ2n) is 9.31. The summed E-state index contributed by atoms with van der Waals surface area (Å²) < 4.78 is 40.0. The number of benzene rings is 1. The number of ether oxygens (including phenoxy) is 2. The quantitative estimate of drug-likeness (QED) is 0.218. The van der Waals surface area contributed by atoms with E-state index in [0.717, 1.165) is 6.42 Å². The molecular weight excluding hydrogens is 542 g/mol. The first-order valence-corrected chi connectivity index (χ1v) is 15.1. The fourth-order valence-corrected chi connectivity index (χ4v) is 6.89. The van der Waals surface area contributed by atoms with Crippen molar-refractivity contribution in [2.45, 2.75) is 50.2 Å². The smallest absolute Gasteiger partial charge is 0.339 e. The van der Waals surface area contributed by atoms with Gasteiger partial charge in [-0.2, -0.15) is 4.31 Å². The lowest BCUT2D eigenvalue weighted by Gasteiger charge is -2.26. The maximum absolute atomic E-state index is 13.2. The average molecular weight is 576 g/mol. The number of carbonyl (C=O) groups excluding carboxylic acids is 2. The predicted octanol–water partition coefficient (Wildman–Crippen LogP) is 3.64. The second kappa shape index (κ2) is 12.0. The van der Waals surface area contributed by atoms with Crippen LogP contribution < -0.4 is 0 Å². The summed E-state index contributed by atoms with van der Waals surface area (Å²) in [4.78, 5) is 28.4. The first-order valence-electron chi connectivity index (χ1n) is 12.7. The monoisotopic (exact) mass is 575 g/mol. The minimum Gasteiger partial charge on any atom is -0.465 e. The van der Waals surface area contributed by atoms with Crippen LogP contribution in [0.3, 0.4) is 0 Å².